The van der Waals surface area contributed by atoms with E-state index in [9.17, 15) is 4.79 Å². The van der Waals surface area contributed by atoms with E-state index < -0.39 is 0 Å². The second kappa shape index (κ2) is 7.60. The van der Waals surface area contributed by atoms with E-state index in [0.29, 0.717) is 18.8 Å². The first kappa shape index (κ1) is 15.3. The van der Waals surface area contributed by atoms with Gasteiger partial charge in [-0.15, -0.1) is 0 Å². The topological polar surface area (TPSA) is 35.5 Å². The van der Waals surface area contributed by atoms with Crippen LogP contribution in [-0.2, 0) is 17.8 Å². The van der Waals surface area contributed by atoms with Crippen molar-refractivity contribution < 1.29 is 14.3 Å². The molecule has 0 saturated carbocycles. The van der Waals surface area contributed by atoms with E-state index in [-0.39, 0.29) is 5.78 Å². The maximum absolute atomic E-state index is 11.4. The molecule has 0 fully saturated rings. The minimum atomic E-state index is 0.0446. The van der Waals surface area contributed by atoms with Gasteiger partial charge in [0.25, 0.3) is 0 Å². The summed E-state index contributed by atoms with van der Waals surface area (Å²) in [5.74, 6) is 0.794. The highest BCUT2D eigenvalue weighted by Crippen LogP contribution is 2.21. The third kappa shape index (κ3) is 4.43. The lowest BCUT2D eigenvalue weighted by molar-refractivity contribution is 0.101. The van der Waals surface area contributed by atoms with Crippen LogP contribution in [0.4, 0.5) is 0 Å². The van der Waals surface area contributed by atoms with Crippen molar-refractivity contribution in [2.45, 2.75) is 20.0 Å². The SMILES string of the molecule is COc1ccc(C(C)=O)cc1COCCc1ccccc1. The van der Waals surface area contributed by atoms with Crippen LogP contribution in [0.3, 0.4) is 0 Å². The van der Waals surface area contributed by atoms with Crippen LogP contribution in [0.25, 0.3) is 0 Å². The molecule has 0 unspecified atom stereocenters. The summed E-state index contributed by atoms with van der Waals surface area (Å²) < 4.78 is 11.0. The number of Topliss-reactive ketones (excluding diaryl/α,β-unsaturated/α-hetero) is 1. The van der Waals surface area contributed by atoms with Crippen molar-refractivity contribution in [2.24, 2.45) is 0 Å². The zero-order chi connectivity index (χ0) is 15.1. The van der Waals surface area contributed by atoms with Gasteiger partial charge in [0.15, 0.2) is 5.78 Å². The van der Waals surface area contributed by atoms with E-state index in [2.05, 4.69) is 12.1 Å². The summed E-state index contributed by atoms with van der Waals surface area (Å²) in [4.78, 5) is 11.4. The van der Waals surface area contributed by atoms with E-state index in [1.165, 1.54) is 5.56 Å². The molecule has 3 nitrogen and oxygen atoms in total. The van der Waals surface area contributed by atoms with Gasteiger partial charge >= 0.3 is 0 Å². The average Bonchev–Trinajstić information content (AvgIpc) is 2.52. The molecule has 0 aliphatic rings. The summed E-state index contributed by atoms with van der Waals surface area (Å²) >= 11 is 0. The molecule has 0 amide bonds. The summed E-state index contributed by atoms with van der Waals surface area (Å²) in [6, 6.07) is 15.6. The standard InChI is InChI=1S/C18H20O3/c1-14(19)16-8-9-18(20-2)17(12-16)13-21-11-10-15-6-4-3-5-7-15/h3-9,12H,10-11,13H2,1-2H3. The highest BCUT2D eigenvalue weighted by molar-refractivity contribution is 5.94. The smallest absolute Gasteiger partial charge is 0.159 e. The Kier molecular flexibility index (Phi) is 5.52. The van der Waals surface area contributed by atoms with E-state index in [1.54, 1.807) is 20.1 Å². The van der Waals surface area contributed by atoms with Crippen molar-refractivity contribution >= 4 is 5.78 Å². The van der Waals surface area contributed by atoms with Crippen LogP contribution in [0, 0.1) is 0 Å². The second-order valence-corrected chi connectivity index (χ2v) is 4.87. The first-order valence-electron chi connectivity index (χ1n) is 7.00. The largest absolute Gasteiger partial charge is 0.496 e. The van der Waals surface area contributed by atoms with Gasteiger partial charge in [0.05, 0.1) is 20.3 Å². The van der Waals surface area contributed by atoms with Crippen molar-refractivity contribution in [3.05, 3.63) is 65.2 Å². The van der Waals surface area contributed by atoms with Crippen LogP contribution < -0.4 is 4.74 Å². The number of ether oxygens (including phenoxy) is 2. The van der Waals surface area contributed by atoms with Crippen LogP contribution >= 0.6 is 0 Å². The van der Waals surface area contributed by atoms with Crippen LogP contribution in [0.2, 0.25) is 0 Å². The molecule has 2 aromatic rings. The number of hydrogen-bond acceptors (Lipinski definition) is 3. The molecule has 0 atom stereocenters. The van der Waals surface area contributed by atoms with Gasteiger partial charge in [0.1, 0.15) is 5.75 Å². The van der Waals surface area contributed by atoms with Gasteiger partial charge in [-0.2, -0.15) is 0 Å². The molecule has 0 bridgehead atoms. The third-order valence-electron chi connectivity index (χ3n) is 3.32. The van der Waals surface area contributed by atoms with E-state index in [1.807, 2.05) is 30.3 Å². The molecule has 21 heavy (non-hydrogen) atoms. The van der Waals surface area contributed by atoms with E-state index >= 15 is 0 Å². The molecule has 2 rings (SSSR count). The molecular formula is C18H20O3. The number of methoxy groups -OCH3 is 1. The Balaban J connectivity index is 1.92. The quantitative estimate of drug-likeness (QED) is 0.575. The Morgan fingerprint density at radius 3 is 2.52 bits per heavy atom. The Labute approximate surface area is 125 Å². The fourth-order valence-electron chi connectivity index (χ4n) is 2.13. The Hall–Kier alpha value is -2.13. The highest BCUT2D eigenvalue weighted by atomic mass is 16.5. The van der Waals surface area contributed by atoms with Crippen molar-refractivity contribution in [1.29, 1.82) is 0 Å². The van der Waals surface area contributed by atoms with Crippen LogP contribution in [0.5, 0.6) is 5.75 Å². The minimum Gasteiger partial charge on any atom is -0.496 e. The maximum Gasteiger partial charge on any atom is 0.159 e. The molecule has 3 heteroatoms. The normalized spacial score (nSPS) is 10.4. The average molecular weight is 284 g/mol. The highest BCUT2D eigenvalue weighted by Gasteiger charge is 2.07. The molecule has 0 aromatic heterocycles. The van der Waals surface area contributed by atoms with Gasteiger partial charge in [-0.25, -0.2) is 0 Å². The summed E-state index contributed by atoms with van der Waals surface area (Å²) in [6.07, 6.45) is 0.871. The van der Waals surface area contributed by atoms with Crippen LogP contribution in [0.1, 0.15) is 28.4 Å². The Morgan fingerprint density at radius 2 is 1.86 bits per heavy atom. The van der Waals surface area contributed by atoms with E-state index in [4.69, 9.17) is 9.47 Å². The predicted octanol–water partition coefficient (Wildman–Crippen LogP) is 3.66. The van der Waals surface area contributed by atoms with Crippen molar-refractivity contribution in [3.8, 4) is 5.75 Å². The molecule has 0 radical (unpaired) electrons. The molecule has 0 heterocycles. The zero-order valence-corrected chi connectivity index (χ0v) is 12.5. The van der Waals surface area contributed by atoms with Gasteiger partial charge in [-0.05, 0) is 37.1 Å². The third-order valence-corrected chi connectivity index (χ3v) is 3.32. The molecule has 0 N–H and O–H groups in total. The zero-order valence-electron chi connectivity index (χ0n) is 12.5. The van der Waals surface area contributed by atoms with Gasteiger partial charge in [0.2, 0.25) is 0 Å². The van der Waals surface area contributed by atoms with Crippen LogP contribution in [0.15, 0.2) is 48.5 Å². The fourth-order valence-corrected chi connectivity index (χ4v) is 2.13. The Morgan fingerprint density at radius 1 is 1.10 bits per heavy atom. The molecule has 0 aliphatic carbocycles. The molecule has 0 saturated heterocycles. The molecular weight excluding hydrogens is 264 g/mol. The van der Waals surface area contributed by atoms with Gasteiger partial charge in [-0.1, -0.05) is 30.3 Å². The molecule has 2 aromatic carbocycles. The molecule has 0 aliphatic heterocycles. The number of carbonyl (C=O) groups excluding carboxylic acids is 1. The predicted molar refractivity (Wildman–Crippen MR) is 82.8 cm³/mol. The maximum atomic E-state index is 11.4. The molecule has 110 valence electrons. The lowest BCUT2D eigenvalue weighted by Gasteiger charge is -2.10. The first-order chi connectivity index (χ1) is 10.2. The Bertz CT molecular complexity index is 591. The lowest BCUT2D eigenvalue weighted by atomic mass is 10.1. The summed E-state index contributed by atoms with van der Waals surface area (Å²) in [6.45, 7) is 2.64. The lowest BCUT2D eigenvalue weighted by Crippen LogP contribution is -2.02. The number of benzene rings is 2. The number of carbonyl (C=O) groups is 1. The fraction of sp³-hybridized carbons (Fsp3) is 0.278. The first-order valence-corrected chi connectivity index (χ1v) is 7.00. The van der Waals surface area contributed by atoms with Crippen molar-refractivity contribution in [3.63, 3.8) is 0 Å². The summed E-state index contributed by atoms with van der Waals surface area (Å²) in [5.41, 5.74) is 2.83. The summed E-state index contributed by atoms with van der Waals surface area (Å²) in [7, 11) is 1.62. The van der Waals surface area contributed by atoms with Gasteiger partial charge in [0, 0.05) is 11.1 Å². The molecule has 0 spiro atoms. The van der Waals surface area contributed by atoms with Crippen LogP contribution in [-0.4, -0.2) is 19.5 Å². The second-order valence-electron chi connectivity index (χ2n) is 4.87. The van der Waals surface area contributed by atoms with Crippen molar-refractivity contribution in [2.75, 3.05) is 13.7 Å². The minimum absolute atomic E-state index is 0.0446. The van der Waals surface area contributed by atoms with E-state index in [0.717, 1.165) is 17.7 Å². The number of ketones is 1. The number of rotatable bonds is 7. The van der Waals surface area contributed by atoms with Crippen molar-refractivity contribution in [1.82, 2.24) is 0 Å². The van der Waals surface area contributed by atoms with Gasteiger partial charge in [-0.3, -0.25) is 4.79 Å². The number of hydrogen-bond donors (Lipinski definition) is 0. The monoisotopic (exact) mass is 284 g/mol. The summed E-state index contributed by atoms with van der Waals surface area (Å²) in [5, 5.41) is 0. The van der Waals surface area contributed by atoms with Gasteiger partial charge < -0.3 is 9.47 Å².